The molecule has 6 heteroatoms. The van der Waals surface area contributed by atoms with E-state index < -0.39 is 12.0 Å². The van der Waals surface area contributed by atoms with E-state index in [1.807, 2.05) is 0 Å². The zero-order chi connectivity index (χ0) is 14.3. The Balaban J connectivity index is 2.29. The molecule has 0 saturated heterocycles. The summed E-state index contributed by atoms with van der Waals surface area (Å²) in [5, 5.41) is 11.0. The number of ether oxygens (including phenoxy) is 2. The first kappa shape index (κ1) is 14.8. The monoisotopic (exact) mass is 267 g/mol. The summed E-state index contributed by atoms with van der Waals surface area (Å²) in [5.41, 5.74) is 0. The van der Waals surface area contributed by atoms with Crippen LogP contribution >= 0.6 is 0 Å². The fourth-order valence-electron chi connectivity index (χ4n) is 1.31. The van der Waals surface area contributed by atoms with Crippen LogP contribution in [-0.2, 0) is 9.59 Å². The van der Waals surface area contributed by atoms with Gasteiger partial charge in [0.25, 0.3) is 0 Å². The lowest BCUT2D eigenvalue weighted by Gasteiger charge is -2.10. The van der Waals surface area contributed by atoms with Crippen LogP contribution in [0.1, 0.15) is 13.3 Å². The number of carboxylic acids is 1. The molecule has 0 radical (unpaired) electrons. The van der Waals surface area contributed by atoms with Gasteiger partial charge in [0.2, 0.25) is 5.91 Å². The molecule has 2 N–H and O–H groups in total. The van der Waals surface area contributed by atoms with Gasteiger partial charge in [0, 0.05) is 0 Å². The number of hydrogen-bond donors (Lipinski definition) is 2. The fourth-order valence-corrected chi connectivity index (χ4v) is 1.31. The second-order valence-electron chi connectivity index (χ2n) is 3.90. The maximum atomic E-state index is 11.4. The molecule has 0 bridgehead atoms. The first-order valence-electron chi connectivity index (χ1n) is 5.82. The maximum Gasteiger partial charge on any atom is 0.325 e. The molecular formula is C13H17NO5. The van der Waals surface area contributed by atoms with Gasteiger partial charge in [-0.2, -0.15) is 0 Å². The van der Waals surface area contributed by atoms with E-state index in [0.29, 0.717) is 5.75 Å². The average Bonchev–Trinajstić information content (AvgIpc) is 2.39. The van der Waals surface area contributed by atoms with E-state index in [9.17, 15) is 9.59 Å². The summed E-state index contributed by atoms with van der Waals surface area (Å²) < 4.78 is 10.4. The van der Waals surface area contributed by atoms with E-state index in [0.717, 1.165) is 5.75 Å². The second-order valence-corrected chi connectivity index (χ2v) is 3.90. The van der Waals surface area contributed by atoms with Gasteiger partial charge in [0.05, 0.1) is 20.1 Å². The van der Waals surface area contributed by atoms with E-state index in [-0.39, 0.29) is 18.9 Å². The van der Waals surface area contributed by atoms with Gasteiger partial charge in [0.15, 0.2) is 0 Å². The van der Waals surface area contributed by atoms with Crippen LogP contribution in [0.5, 0.6) is 11.5 Å². The molecule has 1 amide bonds. The lowest BCUT2D eigenvalue weighted by molar-refractivity contribution is -0.141. The molecular weight excluding hydrogens is 250 g/mol. The molecule has 0 spiro atoms. The molecule has 1 aromatic carbocycles. The number of carbonyl (C=O) groups is 2. The van der Waals surface area contributed by atoms with Crippen LogP contribution < -0.4 is 14.8 Å². The Morgan fingerprint density at radius 2 is 1.84 bits per heavy atom. The Bertz CT molecular complexity index is 429. The van der Waals surface area contributed by atoms with Crippen molar-refractivity contribution in [2.45, 2.75) is 19.4 Å². The van der Waals surface area contributed by atoms with Crippen LogP contribution in [0.25, 0.3) is 0 Å². The van der Waals surface area contributed by atoms with Crippen molar-refractivity contribution in [3.05, 3.63) is 24.3 Å². The highest BCUT2D eigenvalue weighted by atomic mass is 16.5. The third-order valence-corrected chi connectivity index (χ3v) is 2.41. The number of rotatable bonds is 7. The number of nitrogens with one attached hydrogen (secondary N) is 1. The van der Waals surface area contributed by atoms with Gasteiger partial charge in [-0.25, -0.2) is 0 Å². The molecule has 0 aliphatic rings. The zero-order valence-corrected chi connectivity index (χ0v) is 10.9. The van der Waals surface area contributed by atoms with Crippen molar-refractivity contribution in [1.29, 1.82) is 0 Å². The summed E-state index contributed by atoms with van der Waals surface area (Å²) in [6, 6.07) is 6.07. The van der Waals surface area contributed by atoms with E-state index in [1.165, 1.54) is 6.92 Å². The van der Waals surface area contributed by atoms with Crippen LogP contribution in [-0.4, -0.2) is 36.7 Å². The van der Waals surface area contributed by atoms with Gasteiger partial charge in [-0.1, -0.05) is 0 Å². The molecule has 0 aromatic heterocycles. The van der Waals surface area contributed by atoms with Crippen LogP contribution in [0.3, 0.4) is 0 Å². The molecule has 19 heavy (non-hydrogen) atoms. The number of aliphatic carboxylic acids is 1. The van der Waals surface area contributed by atoms with Gasteiger partial charge >= 0.3 is 5.97 Å². The molecule has 6 nitrogen and oxygen atoms in total. The summed E-state index contributed by atoms with van der Waals surface area (Å²) in [6.07, 6.45) is 0.101. The number of amides is 1. The molecule has 0 saturated carbocycles. The predicted molar refractivity (Wildman–Crippen MR) is 68.3 cm³/mol. The highest BCUT2D eigenvalue weighted by molar-refractivity contribution is 5.83. The molecule has 1 rings (SSSR count). The molecule has 0 aliphatic carbocycles. The molecule has 0 aliphatic heterocycles. The van der Waals surface area contributed by atoms with E-state index in [4.69, 9.17) is 14.6 Å². The Morgan fingerprint density at radius 3 is 2.37 bits per heavy atom. The van der Waals surface area contributed by atoms with Gasteiger partial charge in [-0.05, 0) is 31.2 Å². The fraction of sp³-hybridized carbons (Fsp3) is 0.385. The number of carboxylic acid groups (broad SMARTS) is 1. The Hall–Kier alpha value is -2.24. The van der Waals surface area contributed by atoms with Crippen molar-refractivity contribution < 1.29 is 24.2 Å². The highest BCUT2D eigenvalue weighted by Gasteiger charge is 2.13. The Labute approximate surface area is 111 Å². The Kier molecular flexibility index (Phi) is 5.66. The lowest BCUT2D eigenvalue weighted by atomic mass is 10.3. The quantitative estimate of drug-likeness (QED) is 0.771. The molecule has 104 valence electrons. The SMILES string of the molecule is COc1ccc(OCCC(=O)NC(C)C(=O)O)cc1. The molecule has 1 atom stereocenters. The van der Waals surface area contributed by atoms with Crippen LogP contribution in [0.4, 0.5) is 0 Å². The summed E-state index contributed by atoms with van der Waals surface area (Å²) in [6.45, 7) is 1.59. The average molecular weight is 267 g/mol. The highest BCUT2D eigenvalue weighted by Crippen LogP contribution is 2.16. The van der Waals surface area contributed by atoms with E-state index >= 15 is 0 Å². The van der Waals surface area contributed by atoms with Crippen molar-refractivity contribution in [3.63, 3.8) is 0 Å². The zero-order valence-electron chi connectivity index (χ0n) is 10.9. The maximum absolute atomic E-state index is 11.4. The van der Waals surface area contributed by atoms with Crippen LogP contribution in [0.2, 0.25) is 0 Å². The Morgan fingerprint density at radius 1 is 1.26 bits per heavy atom. The standard InChI is InChI=1S/C13H17NO5/c1-9(13(16)17)14-12(15)7-8-19-11-5-3-10(18-2)4-6-11/h3-6,9H,7-8H2,1-2H3,(H,14,15)(H,16,17). The largest absolute Gasteiger partial charge is 0.497 e. The molecule has 0 heterocycles. The number of methoxy groups -OCH3 is 1. The first-order valence-corrected chi connectivity index (χ1v) is 5.82. The number of benzene rings is 1. The third kappa shape index (κ3) is 5.29. The normalized spacial score (nSPS) is 11.5. The van der Waals surface area contributed by atoms with E-state index in [2.05, 4.69) is 5.32 Å². The minimum atomic E-state index is -1.07. The van der Waals surface area contributed by atoms with Crippen molar-refractivity contribution in [2.75, 3.05) is 13.7 Å². The molecule has 1 unspecified atom stereocenters. The minimum absolute atomic E-state index is 0.101. The lowest BCUT2D eigenvalue weighted by Crippen LogP contribution is -2.38. The minimum Gasteiger partial charge on any atom is -0.497 e. The van der Waals surface area contributed by atoms with E-state index in [1.54, 1.807) is 31.4 Å². The van der Waals surface area contributed by atoms with Gasteiger partial charge in [-0.15, -0.1) is 0 Å². The smallest absolute Gasteiger partial charge is 0.325 e. The van der Waals surface area contributed by atoms with Gasteiger partial charge in [-0.3, -0.25) is 9.59 Å². The summed E-state index contributed by atoms with van der Waals surface area (Å²) in [7, 11) is 1.57. The molecule has 0 fully saturated rings. The predicted octanol–water partition coefficient (Wildman–Crippen LogP) is 1.05. The first-order chi connectivity index (χ1) is 9.02. The second kappa shape index (κ2) is 7.25. The van der Waals surface area contributed by atoms with Crippen molar-refractivity contribution in [3.8, 4) is 11.5 Å². The summed E-state index contributed by atoms with van der Waals surface area (Å²) in [4.78, 5) is 21.9. The van der Waals surface area contributed by atoms with Crippen molar-refractivity contribution >= 4 is 11.9 Å². The van der Waals surface area contributed by atoms with Gasteiger partial charge < -0.3 is 19.9 Å². The third-order valence-electron chi connectivity index (χ3n) is 2.41. The van der Waals surface area contributed by atoms with Crippen LogP contribution in [0.15, 0.2) is 24.3 Å². The topological polar surface area (TPSA) is 84.9 Å². The summed E-state index contributed by atoms with van der Waals surface area (Å²) >= 11 is 0. The van der Waals surface area contributed by atoms with Gasteiger partial charge in [0.1, 0.15) is 17.5 Å². The van der Waals surface area contributed by atoms with Crippen molar-refractivity contribution in [2.24, 2.45) is 0 Å². The molecule has 1 aromatic rings. The summed E-state index contributed by atoms with van der Waals surface area (Å²) in [5.74, 6) is -0.0758. The van der Waals surface area contributed by atoms with Crippen LogP contribution in [0, 0.1) is 0 Å². The number of hydrogen-bond acceptors (Lipinski definition) is 4. The number of carbonyl (C=O) groups excluding carboxylic acids is 1. The van der Waals surface area contributed by atoms with Crippen molar-refractivity contribution in [1.82, 2.24) is 5.32 Å².